The molecule has 1 fully saturated rings. The molecule has 1 aliphatic rings. The maximum absolute atomic E-state index is 11.8. The van der Waals surface area contributed by atoms with Crippen LogP contribution in [0.2, 0.25) is 0 Å². The normalized spacial score (nSPS) is 20.5. The van der Waals surface area contributed by atoms with Crippen LogP contribution in [0.1, 0.15) is 26.7 Å². The van der Waals surface area contributed by atoms with Gasteiger partial charge in [-0.2, -0.15) is 19.8 Å². The molecule has 1 unspecified atom stereocenters. The first-order valence-electron chi connectivity index (χ1n) is 5.74. The average Bonchev–Trinajstić information content (AvgIpc) is 2.43. The maximum Gasteiger partial charge on any atom is 0.410 e. The van der Waals surface area contributed by atoms with Crippen LogP contribution in [0.15, 0.2) is 0 Å². The Bertz CT molecular complexity index is 258. The fourth-order valence-corrected chi connectivity index (χ4v) is 1.80. The Balaban J connectivity index is 0.00000256. The summed E-state index contributed by atoms with van der Waals surface area (Å²) in [6.07, 6.45) is 5.12. The van der Waals surface area contributed by atoms with Crippen molar-refractivity contribution in [2.24, 2.45) is 5.92 Å². The van der Waals surface area contributed by atoms with Crippen LogP contribution in [0.4, 0.5) is 4.79 Å². The zero-order valence-electron chi connectivity index (χ0n) is 10.5. The molecule has 1 atom stereocenters. The van der Waals surface area contributed by atoms with Gasteiger partial charge in [0.1, 0.15) is 5.78 Å². The fourth-order valence-electron chi connectivity index (χ4n) is 1.80. The molecule has 1 heterocycles. The van der Waals surface area contributed by atoms with Gasteiger partial charge in [-0.15, -0.1) is 5.92 Å². The largest absolute Gasteiger partial charge is 0.450 e. The van der Waals surface area contributed by atoms with Gasteiger partial charge in [0.15, 0.2) is 0 Å². The van der Waals surface area contributed by atoms with Crippen LogP contribution in [0.25, 0.3) is 0 Å². The minimum Gasteiger partial charge on any atom is -0.450 e. The summed E-state index contributed by atoms with van der Waals surface area (Å²) in [4.78, 5) is 24.8. The summed E-state index contributed by atoms with van der Waals surface area (Å²) in [5.74, 6) is 0.0630. The second-order valence-corrected chi connectivity index (χ2v) is 3.86. The second kappa shape index (κ2) is 9.04. The first-order valence-corrected chi connectivity index (χ1v) is 5.74. The van der Waals surface area contributed by atoms with Gasteiger partial charge in [-0.3, -0.25) is 0 Å². The summed E-state index contributed by atoms with van der Waals surface area (Å²) < 4.78 is 4.89. The molecule has 0 saturated carbocycles. The second-order valence-electron chi connectivity index (χ2n) is 3.86. The van der Waals surface area contributed by atoms with E-state index < -0.39 is 0 Å². The number of carbonyl (C=O) groups is 2. The standard InChI is InChI=1S/C12H19NO3.Y/c1-3-6-10-7-5-8-13(9-11(10)14)12(15)16-4-2;/h3,7,10H,4-6,8-9H2,1-2H3;/q-2;. The Labute approximate surface area is 128 Å². The summed E-state index contributed by atoms with van der Waals surface area (Å²) in [6, 6.07) is 0. The molecular formula is C12H19NO3Y-2. The van der Waals surface area contributed by atoms with E-state index in [1.807, 2.05) is 19.8 Å². The predicted octanol–water partition coefficient (Wildman–Crippen LogP) is 1.85. The molecule has 17 heavy (non-hydrogen) atoms. The molecule has 1 saturated heterocycles. The average molecular weight is 314 g/mol. The van der Waals surface area contributed by atoms with Crippen molar-refractivity contribution >= 4 is 11.9 Å². The molecule has 0 N–H and O–H groups in total. The molecular weight excluding hydrogens is 295 g/mol. The summed E-state index contributed by atoms with van der Waals surface area (Å²) in [6.45, 7) is 4.80. The third-order valence-corrected chi connectivity index (χ3v) is 2.63. The third-order valence-electron chi connectivity index (χ3n) is 2.63. The van der Waals surface area contributed by atoms with Crippen LogP contribution in [0.5, 0.6) is 0 Å². The van der Waals surface area contributed by atoms with E-state index in [1.165, 1.54) is 4.90 Å². The Hall–Kier alpha value is 0.0439. The topological polar surface area (TPSA) is 46.6 Å². The fraction of sp³-hybridized carbons (Fsp3) is 0.667. The predicted molar refractivity (Wildman–Crippen MR) is 60.6 cm³/mol. The van der Waals surface area contributed by atoms with Gasteiger partial charge >= 0.3 is 6.09 Å². The monoisotopic (exact) mass is 314 g/mol. The van der Waals surface area contributed by atoms with Crippen LogP contribution in [0, 0.1) is 18.8 Å². The van der Waals surface area contributed by atoms with Gasteiger partial charge in [-0.1, -0.05) is 0 Å². The molecule has 1 rings (SSSR count). The van der Waals surface area contributed by atoms with Crippen LogP contribution < -0.4 is 0 Å². The minimum absolute atomic E-state index is 0. The van der Waals surface area contributed by atoms with Crippen molar-refractivity contribution in [2.75, 3.05) is 19.7 Å². The number of carbonyl (C=O) groups excluding carboxylic acids is 2. The number of rotatable bonds is 3. The Morgan fingerprint density at radius 2 is 2.35 bits per heavy atom. The maximum atomic E-state index is 11.8. The quantitative estimate of drug-likeness (QED) is 0.747. The first kappa shape index (κ1) is 17.0. The SMILES string of the molecule is C[CH-]CC1[CH-]CCN(C(=O)OCC)CC1=O.[Y]. The van der Waals surface area contributed by atoms with E-state index in [4.69, 9.17) is 4.74 Å². The Morgan fingerprint density at radius 3 is 2.94 bits per heavy atom. The van der Waals surface area contributed by atoms with E-state index in [9.17, 15) is 9.59 Å². The summed E-state index contributed by atoms with van der Waals surface area (Å²) in [5, 5.41) is 0. The van der Waals surface area contributed by atoms with Gasteiger partial charge in [0.2, 0.25) is 0 Å². The van der Waals surface area contributed by atoms with Crippen molar-refractivity contribution in [2.45, 2.75) is 26.7 Å². The number of ketones is 1. The zero-order chi connectivity index (χ0) is 12.0. The van der Waals surface area contributed by atoms with Gasteiger partial charge in [0.05, 0.1) is 13.2 Å². The Kier molecular flexibility index (Phi) is 9.06. The molecule has 1 radical (unpaired) electrons. The van der Waals surface area contributed by atoms with Gasteiger partial charge in [-0.05, 0) is 13.5 Å². The third kappa shape index (κ3) is 5.47. The van der Waals surface area contributed by atoms with Crippen LogP contribution >= 0.6 is 0 Å². The van der Waals surface area contributed by atoms with Crippen molar-refractivity contribution in [3.8, 4) is 0 Å². The molecule has 1 aliphatic heterocycles. The van der Waals surface area contributed by atoms with Gasteiger partial charge in [0.25, 0.3) is 0 Å². The van der Waals surface area contributed by atoms with Crippen molar-refractivity contribution in [1.82, 2.24) is 4.90 Å². The number of hydrogen-bond donors (Lipinski definition) is 0. The van der Waals surface area contributed by atoms with Crippen molar-refractivity contribution in [1.29, 1.82) is 0 Å². The van der Waals surface area contributed by atoms with Crippen molar-refractivity contribution in [3.05, 3.63) is 12.8 Å². The van der Waals surface area contributed by atoms with E-state index in [-0.39, 0.29) is 57.0 Å². The molecule has 0 aromatic rings. The molecule has 0 bridgehead atoms. The van der Waals surface area contributed by atoms with Gasteiger partial charge in [0, 0.05) is 32.7 Å². The van der Waals surface area contributed by atoms with E-state index in [1.54, 1.807) is 6.92 Å². The number of nitrogens with zero attached hydrogens (tertiary/aromatic N) is 1. The molecule has 1 amide bonds. The molecule has 0 aromatic carbocycles. The number of likely N-dealkylation sites (tertiary alicyclic amines) is 1. The molecule has 0 aliphatic carbocycles. The van der Waals surface area contributed by atoms with Crippen molar-refractivity contribution < 1.29 is 47.0 Å². The van der Waals surface area contributed by atoms with Crippen LogP contribution in [-0.4, -0.2) is 36.5 Å². The first-order chi connectivity index (χ1) is 7.69. The smallest absolute Gasteiger partial charge is 0.410 e. The minimum atomic E-state index is -0.384. The number of hydrogen-bond acceptors (Lipinski definition) is 3. The number of amides is 1. The zero-order valence-corrected chi connectivity index (χ0v) is 13.4. The van der Waals surface area contributed by atoms with E-state index >= 15 is 0 Å². The van der Waals surface area contributed by atoms with Crippen LogP contribution in [0.3, 0.4) is 0 Å². The molecule has 5 heteroatoms. The van der Waals surface area contributed by atoms with E-state index in [0.717, 1.165) is 12.8 Å². The number of Topliss-reactive ketones (excluding diaryl/α,β-unsaturated/α-hetero) is 1. The van der Waals surface area contributed by atoms with E-state index in [0.29, 0.717) is 13.2 Å². The summed E-state index contributed by atoms with van der Waals surface area (Å²) in [7, 11) is 0. The molecule has 4 nitrogen and oxygen atoms in total. The molecule has 0 spiro atoms. The summed E-state index contributed by atoms with van der Waals surface area (Å²) >= 11 is 0. The van der Waals surface area contributed by atoms with Crippen LogP contribution in [-0.2, 0) is 42.2 Å². The van der Waals surface area contributed by atoms with Crippen molar-refractivity contribution in [3.63, 3.8) is 0 Å². The molecule has 0 aromatic heterocycles. The van der Waals surface area contributed by atoms with E-state index in [2.05, 4.69) is 0 Å². The summed E-state index contributed by atoms with van der Waals surface area (Å²) in [5.41, 5.74) is 0. The van der Waals surface area contributed by atoms with Gasteiger partial charge in [-0.25, -0.2) is 4.79 Å². The molecule has 95 valence electrons. The number of ether oxygens (including phenoxy) is 1. The van der Waals surface area contributed by atoms with Gasteiger partial charge < -0.3 is 27.3 Å². The Morgan fingerprint density at radius 1 is 1.65 bits per heavy atom.